The number of hydrogen-bond acceptors (Lipinski definition) is 4. The Kier molecular flexibility index (Phi) is 5.95. The van der Waals surface area contributed by atoms with Gasteiger partial charge in [-0.05, 0) is 33.0 Å². The molecule has 0 saturated carbocycles. The van der Waals surface area contributed by atoms with Crippen LogP contribution in [0.25, 0.3) is 0 Å². The molecule has 0 fully saturated rings. The maximum absolute atomic E-state index is 11.1. The highest BCUT2D eigenvalue weighted by Crippen LogP contribution is 2.05. The minimum absolute atomic E-state index is 0.334. The van der Waals surface area contributed by atoms with Crippen LogP contribution in [0, 0.1) is 0 Å². The van der Waals surface area contributed by atoms with Gasteiger partial charge in [0.25, 0.3) is 0 Å². The molecule has 0 aliphatic carbocycles. The molecule has 0 aromatic heterocycles. The number of ether oxygens (including phenoxy) is 1. The van der Waals surface area contributed by atoms with E-state index < -0.39 is 11.7 Å². The van der Waals surface area contributed by atoms with E-state index in [2.05, 4.69) is 16.1 Å². The smallest absolute Gasteiger partial charge is 0.407 e. The number of nitrogens with one attached hydrogen (secondary N) is 3. The predicted molar refractivity (Wildman–Crippen MR) is 62.2 cm³/mol. The van der Waals surface area contributed by atoms with Crippen molar-refractivity contribution in [2.75, 3.05) is 13.1 Å². The summed E-state index contributed by atoms with van der Waals surface area (Å²) in [4.78, 5) is 11.1. The number of rotatable bonds is 3. The molecule has 0 aromatic rings. The van der Waals surface area contributed by atoms with Crippen LogP contribution >= 0.6 is 12.2 Å². The van der Waals surface area contributed by atoms with Gasteiger partial charge >= 0.3 is 6.09 Å². The normalized spacial score (nSPS) is 10.4. The van der Waals surface area contributed by atoms with Crippen LogP contribution in [0.3, 0.4) is 0 Å². The van der Waals surface area contributed by atoms with E-state index in [1.807, 2.05) is 0 Å². The zero-order valence-corrected chi connectivity index (χ0v) is 10.0. The van der Waals surface area contributed by atoms with Crippen molar-refractivity contribution in [2.24, 2.45) is 5.84 Å². The minimum atomic E-state index is -0.481. The Morgan fingerprint density at radius 1 is 1.33 bits per heavy atom. The van der Waals surface area contributed by atoms with Gasteiger partial charge in [-0.3, -0.25) is 0 Å². The van der Waals surface area contributed by atoms with Crippen molar-refractivity contribution >= 4 is 23.4 Å². The van der Waals surface area contributed by atoms with Crippen LogP contribution in [-0.4, -0.2) is 29.9 Å². The Morgan fingerprint density at radius 2 is 1.87 bits per heavy atom. The largest absolute Gasteiger partial charge is 0.444 e. The summed E-state index contributed by atoms with van der Waals surface area (Å²) >= 11 is 4.73. The van der Waals surface area contributed by atoms with Crippen molar-refractivity contribution in [3.63, 3.8) is 0 Å². The molecule has 5 N–H and O–H groups in total. The average Bonchev–Trinajstić information content (AvgIpc) is 2.09. The minimum Gasteiger partial charge on any atom is -0.444 e. The molecule has 0 unspecified atom stereocenters. The summed E-state index contributed by atoms with van der Waals surface area (Å²) in [5.41, 5.74) is 1.79. The van der Waals surface area contributed by atoms with Gasteiger partial charge in [0.05, 0.1) is 0 Å². The van der Waals surface area contributed by atoms with Gasteiger partial charge in [-0.15, -0.1) is 0 Å². The van der Waals surface area contributed by atoms with E-state index in [0.29, 0.717) is 18.2 Å². The molecule has 15 heavy (non-hydrogen) atoms. The third kappa shape index (κ3) is 9.23. The Bertz CT molecular complexity index is 227. The molecule has 88 valence electrons. The Balaban J connectivity index is 3.52. The van der Waals surface area contributed by atoms with E-state index >= 15 is 0 Å². The van der Waals surface area contributed by atoms with Crippen LogP contribution in [0.15, 0.2) is 0 Å². The van der Waals surface area contributed by atoms with E-state index in [4.69, 9.17) is 22.8 Å². The van der Waals surface area contributed by atoms with Crippen LogP contribution in [0.2, 0.25) is 0 Å². The van der Waals surface area contributed by atoms with Gasteiger partial charge in [0, 0.05) is 13.1 Å². The molecule has 0 spiro atoms. The lowest BCUT2D eigenvalue weighted by Gasteiger charge is -2.19. The lowest BCUT2D eigenvalue weighted by molar-refractivity contribution is 0.0529. The van der Waals surface area contributed by atoms with E-state index in [-0.39, 0.29) is 0 Å². The summed E-state index contributed by atoms with van der Waals surface area (Å²) in [6.07, 6.45) is -0.448. The molecule has 1 amide bonds. The molecule has 0 rings (SSSR count). The third-order valence-electron chi connectivity index (χ3n) is 1.21. The van der Waals surface area contributed by atoms with Crippen molar-refractivity contribution in [3.05, 3.63) is 0 Å². The van der Waals surface area contributed by atoms with Gasteiger partial charge in [0.15, 0.2) is 5.11 Å². The lowest BCUT2D eigenvalue weighted by atomic mass is 10.2. The van der Waals surface area contributed by atoms with Gasteiger partial charge in [-0.1, -0.05) is 0 Å². The quantitative estimate of drug-likeness (QED) is 0.235. The van der Waals surface area contributed by atoms with Gasteiger partial charge < -0.3 is 20.8 Å². The number of nitrogens with two attached hydrogens (primary N) is 1. The zero-order valence-electron chi connectivity index (χ0n) is 9.22. The molecule has 0 aliphatic rings. The van der Waals surface area contributed by atoms with Crippen molar-refractivity contribution in [1.29, 1.82) is 0 Å². The predicted octanol–water partition coefficient (Wildman–Crippen LogP) is -0.151. The third-order valence-corrected chi connectivity index (χ3v) is 1.47. The number of carbonyl (C=O) groups is 1. The van der Waals surface area contributed by atoms with Crippen molar-refractivity contribution < 1.29 is 9.53 Å². The van der Waals surface area contributed by atoms with Crippen LogP contribution < -0.4 is 21.9 Å². The Labute approximate surface area is 94.9 Å². The highest BCUT2D eigenvalue weighted by molar-refractivity contribution is 7.80. The molecule has 0 bridgehead atoms. The monoisotopic (exact) mass is 234 g/mol. The summed E-state index contributed by atoms with van der Waals surface area (Å²) < 4.78 is 5.02. The van der Waals surface area contributed by atoms with Crippen molar-refractivity contribution in [3.8, 4) is 0 Å². The van der Waals surface area contributed by atoms with E-state index in [9.17, 15) is 4.79 Å². The summed E-state index contributed by atoms with van der Waals surface area (Å²) in [5, 5.41) is 5.68. The van der Waals surface area contributed by atoms with E-state index in [0.717, 1.165) is 0 Å². The first-order chi connectivity index (χ1) is 6.85. The second-order valence-corrected chi connectivity index (χ2v) is 4.24. The second kappa shape index (κ2) is 6.41. The second-order valence-electron chi connectivity index (χ2n) is 3.83. The fourth-order valence-corrected chi connectivity index (χ4v) is 0.808. The highest BCUT2D eigenvalue weighted by Gasteiger charge is 2.15. The fourth-order valence-electron chi connectivity index (χ4n) is 0.706. The van der Waals surface area contributed by atoms with Gasteiger partial charge in [-0.25, -0.2) is 10.6 Å². The first-order valence-corrected chi connectivity index (χ1v) is 4.97. The number of thiocarbonyl (C=S) groups is 1. The molecule has 0 atom stereocenters. The van der Waals surface area contributed by atoms with Crippen LogP contribution in [0.4, 0.5) is 4.79 Å². The number of hydrogen-bond donors (Lipinski definition) is 4. The first-order valence-electron chi connectivity index (χ1n) is 4.56. The molecule has 0 radical (unpaired) electrons. The van der Waals surface area contributed by atoms with E-state index in [1.54, 1.807) is 20.8 Å². The molecule has 0 aromatic carbocycles. The Morgan fingerprint density at radius 3 is 2.33 bits per heavy atom. The zero-order chi connectivity index (χ0) is 11.9. The maximum atomic E-state index is 11.1. The molecule has 7 heteroatoms. The van der Waals surface area contributed by atoms with Crippen LogP contribution in [0.1, 0.15) is 20.8 Å². The molecule has 0 heterocycles. The number of hydrazine groups is 1. The molecular weight excluding hydrogens is 216 g/mol. The summed E-state index contributed by atoms with van der Waals surface area (Å²) in [6, 6.07) is 0. The first kappa shape index (κ1) is 13.9. The van der Waals surface area contributed by atoms with Crippen molar-refractivity contribution in [1.82, 2.24) is 16.1 Å². The highest BCUT2D eigenvalue weighted by atomic mass is 32.1. The fraction of sp³-hybridized carbons (Fsp3) is 0.750. The van der Waals surface area contributed by atoms with Crippen LogP contribution in [-0.2, 0) is 4.74 Å². The number of alkyl carbamates (subject to hydrolysis) is 1. The average molecular weight is 234 g/mol. The van der Waals surface area contributed by atoms with Gasteiger partial charge in [-0.2, -0.15) is 0 Å². The van der Waals surface area contributed by atoms with Gasteiger partial charge in [0.2, 0.25) is 0 Å². The Hall–Kier alpha value is -1.08. The van der Waals surface area contributed by atoms with Crippen molar-refractivity contribution in [2.45, 2.75) is 26.4 Å². The topological polar surface area (TPSA) is 88.4 Å². The molecule has 0 aliphatic heterocycles. The van der Waals surface area contributed by atoms with Gasteiger partial charge in [0.1, 0.15) is 5.60 Å². The molecular formula is C8H18N4O2S. The standard InChI is InChI=1S/C8H18N4O2S/c1-8(2,3)14-7(13)11-5-4-10-6(15)12-9/h4-5,9H2,1-3H3,(H,11,13)(H2,10,12,15). The SMILES string of the molecule is CC(C)(C)OC(=O)NCCNC(=S)NN. The summed E-state index contributed by atoms with van der Waals surface area (Å²) in [5.74, 6) is 5.03. The van der Waals surface area contributed by atoms with E-state index in [1.165, 1.54) is 0 Å². The van der Waals surface area contributed by atoms with Crippen LogP contribution in [0.5, 0.6) is 0 Å². The maximum Gasteiger partial charge on any atom is 0.407 e. The molecule has 0 saturated heterocycles. The number of carbonyl (C=O) groups excluding carboxylic acids is 1. The molecule has 6 nitrogen and oxygen atoms in total. The number of amides is 1. The lowest BCUT2D eigenvalue weighted by Crippen LogP contribution is -2.43. The summed E-state index contributed by atoms with van der Waals surface area (Å²) in [7, 11) is 0. The summed E-state index contributed by atoms with van der Waals surface area (Å²) in [6.45, 7) is 6.31.